The molecule has 33 heavy (non-hydrogen) atoms. The Morgan fingerprint density at radius 2 is 1.61 bits per heavy atom. The standard InChI is InChI=1S/C28H32N2O3/c1-4-21(2)22-14-16-23(17-15-22)32-19-9-18-30-25-11-6-5-10-24(25)29-28(30)20-33-27-13-8-7-12-26(27)31-3/h5-8,10-17,21H,4,9,18-20H2,1-3H3. The van der Waals surface area contributed by atoms with Crippen molar-refractivity contribution in [3.8, 4) is 17.2 Å². The minimum atomic E-state index is 0.368. The molecular weight excluding hydrogens is 412 g/mol. The van der Waals surface area contributed by atoms with Crippen molar-refractivity contribution in [2.45, 2.75) is 45.8 Å². The van der Waals surface area contributed by atoms with Crippen LogP contribution in [0.25, 0.3) is 11.0 Å². The second kappa shape index (κ2) is 10.9. The van der Waals surface area contributed by atoms with Gasteiger partial charge in [0.2, 0.25) is 0 Å². The molecule has 3 aromatic carbocycles. The van der Waals surface area contributed by atoms with E-state index in [2.05, 4.69) is 48.7 Å². The zero-order chi connectivity index (χ0) is 23.0. The van der Waals surface area contributed by atoms with Gasteiger partial charge in [0.1, 0.15) is 18.2 Å². The lowest BCUT2D eigenvalue weighted by Gasteiger charge is -2.13. The van der Waals surface area contributed by atoms with Crippen molar-refractivity contribution in [1.29, 1.82) is 0 Å². The number of hydrogen-bond donors (Lipinski definition) is 0. The number of aromatic nitrogens is 2. The number of nitrogens with zero attached hydrogens (tertiary/aromatic N) is 2. The van der Waals surface area contributed by atoms with Crippen molar-refractivity contribution in [1.82, 2.24) is 9.55 Å². The van der Waals surface area contributed by atoms with E-state index in [0.717, 1.165) is 42.0 Å². The van der Waals surface area contributed by atoms with Gasteiger partial charge in [-0.15, -0.1) is 0 Å². The highest BCUT2D eigenvalue weighted by Crippen LogP contribution is 2.27. The summed E-state index contributed by atoms with van der Waals surface area (Å²) >= 11 is 0. The van der Waals surface area contributed by atoms with Crippen molar-refractivity contribution in [2.75, 3.05) is 13.7 Å². The zero-order valence-corrected chi connectivity index (χ0v) is 19.7. The van der Waals surface area contributed by atoms with Crippen molar-refractivity contribution < 1.29 is 14.2 Å². The number of fused-ring (bicyclic) bond motifs is 1. The van der Waals surface area contributed by atoms with Gasteiger partial charge in [-0.2, -0.15) is 0 Å². The Kier molecular flexibility index (Phi) is 7.51. The summed E-state index contributed by atoms with van der Waals surface area (Å²) < 4.78 is 19.7. The van der Waals surface area contributed by atoms with Gasteiger partial charge in [-0.1, -0.05) is 50.2 Å². The summed E-state index contributed by atoms with van der Waals surface area (Å²) in [5.41, 5.74) is 3.43. The number of imidazole rings is 1. The average molecular weight is 445 g/mol. The maximum absolute atomic E-state index is 6.06. The number of methoxy groups -OCH3 is 1. The van der Waals surface area contributed by atoms with Gasteiger partial charge in [-0.05, 0) is 60.7 Å². The molecule has 5 nitrogen and oxygen atoms in total. The van der Waals surface area contributed by atoms with Crippen LogP contribution < -0.4 is 14.2 Å². The lowest BCUT2D eigenvalue weighted by molar-refractivity contribution is 0.267. The number of para-hydroxylation sites is 4. The molecule has 0 N–H and O–H groups in total. The fourth-order valence-corrected chi connectivity index (χ4v) is 3.91. The fourth-order valence-electron chi connectivity index (χ4n) is 3.91. The molecule has 4 aromatic rings. The summed E-state index contributed by atoms with van der Waals surface area (Å²) in [5, 5.41) is 0. The first-order valence-electron chi connectivity index (χ1n) is 11.6. The van der Waals surface area contributed by atoms with E-state index in [1.165, 1.54) is 5.56 Å². The first kappa shape index (κ1) is 22.7. The molecule has 1 heterocycles. The van der Waals surface area contributed by atoms with E-state index in [0.29, 0.717) is 30.6 Å². The first-order valence-corrected chi connectivity index (χ1v) is 11.6. The summed E-state index contributed by atoms with van der Waals surface area (Å²) in [4.78, 5) is 4.81. The predicted octanol–water partition coefficient (Wildman–Crippen LogP) is 6.61. The van der Waals surface area contributed by atoms with Crippen LogP contribution in [0.4, 0.5) is 0 Å². The van der Waals surface area contributed by atoms with Crippen LogP contribution in [0.5, 0.6) is 17.2 Å². The maximum Gasteiger partial charge on any atom is 0.161 e. The van der Waals surface area contributed by atoms with Crippen LogP contribution in [0.3, 0.4) is 0 Å². The Morgan fingerprint density at radius 1 is 0.879 bits per heavy atom. The number of rotatable bonds is 11. The van der Waals surface area contributed by atoms with E-state index < -0.39 is 0 Å². The summed E-state index contributed by atoms with van der Waals surface area (Å²) in [6, 6.07) is 24.3. The largest absolute Gasteiger partial charge is 0.494 e. The maximum atomic E-state index is 6.06. The molecule has 0 bridgehead atoms. The number of hydrogen-bond acceptors (Lipinski definition) is 4. The SMILES string of the molecule is CCC(C)c1ccc(OCCCn2c(COc3ccccc3OC)nc3ccccc32)cc1. The Bertz CT molecular complexity index is 1170. The van der Waals surface area contributed by atoms with Crippen LogP contribution in [-0.4, -0.2) is 23.3 Å². The molecule has 0 amide bonds. The van der Waals surface area contributed by atoms with Gasteiger partial charge in [-0.3, -0.25) is 0 Å². The average Bonchev–Trinajstić information content (AvgIpc) is 3.22. The topological polar surface area (TPSA) is 45.5 Å². The first-order chi connectivity index (χ1) is 16.2. The monoisotopic (exact) mass is 444 g/mol. The Hall–Kier alpha value is -3.47. The summed E-state index contributed by atoms with van der Waals surface area (Å²) in [6.07, 6.45) is 2.01. The molecule has 0 saturated heterocycles. The minimum Gasteiger partial charge on any atom is -0.494 e. The molecule has 0 saturated carbocycles. The van der Waals surface area contributed by atoms with Gasteiger partial charge in [-0.25, -0.2) is 4.98 Å². The van der Waals surface area contributed by atoms with Crippen molar-refractivity contribution in [3.63, 3.8) is 0 Å². The van der Waals surface area contributed by atoms with Crippen LogP contribution >= 0.6 is 0 Å². The van der Waals surface area contributed by atoms with Gasteiger partial charge in [0.15, 0.2) is 11.5 Å². The second-order valence-electron chi connectivity index (χ2n) is 8.19. The van der Waals surface area contributed by atoms with Crippen LogP contribution in [0.15, 0.2) is 72.8 Å². The van der Waals surface area contributed by atoms with Gasteiger partial charge in [0, 0.05) is 6.54 Å². The molecule has 5 heteroatoms. The third kappa shape index (κ3) is 5.48. The molecular formula is C28H32N2O3. The number of aryl methyl sites for hydroxylation is 1. The molecule has 0 fully saturated rings. The molecule has 0 spiro atoms. The molecule has 172 valence electrons. The zero-order valence-electron chi connectivity index (χ0n) is 19.7. The van der Waals surface area contributed by atoms with Crippen LogP contribution in [0, 0.1) is 0 Å². The normalized spacial score (nSPS) is 12.0. The van der Waals surface area contributed by atoms with E-state index in [9.17, 15) is 0 Å². The van der Waals surface area contributed by atoms with Gasteiger partial charge in [0.25, 0.3) is 0 Å². The molecule has 1 unspecified atom stereocenters. The molecule has 1 aromatic heterocycles. The van der Waals surface area contributed by atoms with Crippen LogP contribution in [0.2, 0.25) is 0 Å². The fraction of sp³-hybridized carbons (Fsp3) is 0.321. The summed E-state index contributed by atoms with van der Waals surface area (Å²) in [5.74, 6) is 3.80. The molecule has 0 aliphatic heterocycles. The summed E-state index contributed by atoms with van der Waals surface area (Å²) in [7, 11) is 1.65. The minimum absolute atomic E-state index is 0.368. The molecule has 1 atom stereocenters. The van der Waals surface area contributed by atoms with E-state index in [1.54, 1.807) is 7.11 Å². The Morgan fingerprint density at radius 3 is 2.36 bits per heavy atom. The van der Waals surface area contributed by atoms with Gasteiger partial charge < -0.3 is 18.8 Å². The van der Waals surface area contributed by atoms with Gasteiger partial charge >= 0.3 is 0 Å². The lowest BCUT2D eigenvalue weighted by Crippen LogP contribution is -2.10. The van der Waals surface area contributed by atoms with Crippen molar-refractivity contribution >= 4 is 11.0 Å². The summed E-state index contributed by atoms with van der Waals surface area (Å²) in [6.45, 7) is 6.27. The molecule has 0 radical (unpaired) electrons. The van der Waals surface area contributed by atoms with Crippen molar-refractivity contribution in [2.24, 2.45) is 0 Å². The van der Waals surface area contributed by atoms with Gasteiger partial charge in [0.05, 0.1) is 24.8 Å². The lowest BCUT2D eigenvalue weighted by atomic mass is 9.99. The third-order valence-corrected chi connectivity index (χ3v) is 6.02. The Balaban J connectivity index is 1.40. The van der Waals surface area contributed by atoms with Crippen LogP contribution in [-0.2, 0) is 13.2 Å². The molecule has 4 rings (SSSR count). The van der Waals surface area contributed by atoms with E-state index in [4.69, 9.17) is 19.2 Å². The Labute approximate surface area is 195 Å². The highest BCUT2D eigenvalue weighted by atomic mass is 16.5. The van der Waals surface area contributed by atoms with Crippen LogP contribution in [0.1, 0.15) is 44.0 Å². The highest BCUT2D eigenvalue weighted by molar-refractivity contribution is 5.75. The van der Waals surface area contributed by atoms with E-state index in [-0.39, 0.29) is 0 Å². The number of ether oxygens (including phenoxy) is 3. The van der Waals surface area contributed by atoms with E-state index in [1.807, 2.05) is 42.5 Å². The predicted molar refractivity (Wildman–Crippen MR) is 132 cm³/mol. The smallest absolute Gasteiger partial charge is 0.161 e. The quantitative estimate of drug-likeness (QED) is 0.244. The third-order valence-electron chi connectivity index (χ3n) is 6.02. The molecule has 0 aliphatic rings. The second-order valence-corrected chi connectivity index (χ2v) is 8.19. The number of benzene rings is 3. The highest BCUT2D eigenvalue weighted by Gasteiger charge is 2.12. The van der Waals surface area contributed by atoms with E-state index >= 15 is 0 Å². The van der Waals surface area contributed by atoms with Crippen molar-refractivity contribution in [3.05, 3.63) is 84.2 Å². The molecule has 0 aliphatic carbocycles.